The third-order valence-electron chi connectivity index (χ3n) is 4.39. The van der Waals surface area contributed by atoms with E-state index in [0.717, 1.165) is 23.3 Å². The van der Waals surface area contributed by atoms with Gasteiger partial charge in [-0.2, -0.15) is 10.1 Å². The summed E-state index contributed by atoms with van der Waals surface area (Å²) in [6.45, 7) is 4.26. The van der Waals surface area contributed by atoms with Crippen LogP contribution in [0.25, 0.3) is 0 Å². The van der Waals surface area contributed by atoms with Crippen molar-refractivity contribution >= 4 is 11.7 Å². The molecular weight excluding hydrogens is 276 g/mol. The zero-order valence-electron chi connectivity index (χ0n) is 12.7. The van der Waals surface area contributed by atoms with E-state index < -0.39 is 0 Å². The minimum absolute atomic E-state index is 0.0215. The monoisotopic (exact) mass is 294 g/mol. The van der Waals surface area contributed by atoms with E-state index >= 15 is 0 Å². The van der Waals surface area contributed by atoms with E-state index in [2.05, 4.69) is 29.2 Å². The van der Waals surface area contributed by atoms with Crippen molar-refractivity contribution in [2.45, 2.75) is 32.7 Å². The van der Waals surface area contributed by atoms with Crippen LogP contribution in [0.5, 0.6) is 0 Å². The highest BCUT2D eigenvalue weighted by atomic mass is 16.1. The van der Waals surface area contributed by atoms with Crippen molar-refractivity contribution in [2.75, 3.05) is 5.32 Å². The molecule has 2 heterocycles. The molecule has 0 saturated carbocycles. The summed E-state index contributed by atoms with van der Waals surface area (Å²) >= 11 is 0. The van der Waals surface area contributed by atoms with Crippen LogP contribution >= 0.6 is 0 Å². The lowest BCUT2D eigenvalue weighted by Gasteiger charge is -2.38. The minimum Gasteiger partial charge on any atom is -0.328 e. The number of anilines is 1. The highest BCUT2D eigenvalue weighted by Crippen LogP contribution is 2.44. The van der Waals surface area contributed by atoms with Gasteiger partial charge in [-0.1, -0.05) is 44.2 Å². The van der Waals surface area contributed by atoms with Gasteiger partial charge in [-0.15, -0.1) is 0 Å². The fraction of sp³-hybridized carbons (Fsp3) is 0.353. The van der Waals surface area contributed by atoms with E-state index in [1.807, 2.05) is 35.0 Å². The van der Waals surface area contributed by atoms with Crippen LogP contribution < -0.4 is 5.32 Å². The molecule has 1 aromatic carbocycles. The molecule has 2 aromatic rings. The SMILES string of the molecule is CC1(C)CC(=O)C2=C(C1)Nc1ncnn1[C@H]2c1ccccc1. The molecule has 112 valence electrons. The molecule has 0 unspecified atom stereocenters. The predicted molar refractivity (Wildman–Crippen MR) is 83.3 cm³/mol. The third kappa shape index (κ3) is 1.96. The molecule has 5 heteroatoms. The summed E-state index contributed by atoms with van der Waals surface area (Å²) in [4.78, 5) is 17.1. The number of aromatic nitrogens is 3. The molecule has 1 aromatic heterocycles. The topological polar surface area (TPSA) is 59.8 Å². The molecule has 1 atom stereocenters. The Kier molecular flexibility index (Phi) is 2.73. The molecule has 2 aliphatic rings. The first-order valence-electron chi connectivity index (χ1n) is 7.53. The Balaban J connectivity index is 1.91. The number of fused-ring (bicyclic) bond motifs is 1. The summed E-state index contributed by atoms with van der Waals surface area (Å²) in [5.41, 5.74) is 2.88. The van der Waals surface area contributed by atoms with Crippen molar-refractivity contribution in [1.29, 1.82) is 0 Å². The summed E-state index contributed by atoms with van der Waals surface area (Å²) in [6.07, 6.45) is 2.96. The Morgan fingerprint density at radius 3 is 2.77 bits per heavy atom. The first-order chi connectivity index (χ1) is 10.6. The van der Waals surface area contributed by atoms with Gasteiger partial charge >= 0.3 is 0 Å². The van der Waals surface area contributed by atoms with E-state index in [0.29, 0.717) is 12.4 Å². The number of rotatable bonds is 1. The maximum Gasteiger partial charge on any atom is 0.226 e. The summed E-state index contributed by atoms with van der Waals surface area (Å²) in [5, 5.41) is 7.65. The van der Waals surface area contributed by atoms with Gasteiger partial charge in [-0.25, -0.2) is 4.68 Å². The zero-order chi connectivity index (χ0) is 15.3. The van der Waals surface area contributed by atoms with E-state index in [1.165, 1.54) is 6.33 Å². The second-order valence-corrected chi connectivity index (χ2v) is 6.80. The lowest BCUT2D eigenvalue weighted by molar-refractivity contribution is -0.118. The quantitative estimate of drug-likeness (QED) is 0.878. The van der Waals surface area contributed by atoms with Gasteiger partial charge in [0.25, 0.3) is 0 Å². The third-order valence-corrected chi connectivity index (χ3v) is 4.39. The fourth-order valence-electron chi connectivity index (χ4n) is 3.49. The molecule has 22 heavy (non-hydrogen) atoms. The van der Waals surface area contributed by atoms with Crippen molar-refractivity contribution in [3.8, 4) is 0 Å². The number of nitrogens with one attached hydrogen (secondary N) is 1. The van der Waals surface area contributed by atoms with Gasteiger partial charge in [0.05, 0.1) is 0 Å². The van der Waals surface area contributed by atoms with E-state index in [4.69, 9.17) is 0 Å². The second-order valence-electron chi connectivity index (χ2n) is 6.80. The van der Waals surface area contributed by atoms with Gasteiger partial charge in [0, 0.05) is 17.7 Å². The van der Waals surface area contributed by atoms with Crippen LogP contribution in [0.15, 0.2) is 47.9 Å². The van der Waals surface area contributed by atoms with Crippen LogP contribution in [0, 0.1) is 5.41 Å². The predicted octanol–water partition coefficient (Wildman–Crippen LogP) is 2.94. The van der Waals surface area contributed by atoms with E-state index in [1.54, 1.807) is 0 Å². The Bertz CT molecular complexity index is 773. The average Bonchev–Trinajstić information content (AvgIpc) is 2.92. The van der Waals surface area contributed by atoms with Crippen molar-refractivity contribution in [3.05, 3.63) is 53.5 Å². The molecule has 0 spiro atoms. The molecular formula is C17H18N4O. The number of Topliss-reactive ketones (excluding diaryl/α,β-unsaturated/α-hetero) is 1. The number of hydrogen-bond acceptors (Lipinski definition) is 4. The van der Waals surface area contributed by atoms with Gasteiger partial charge in [0.1, 0.15) is 12.4 Å². The summed E-state index contributed by atoms with van der Waals surface area (Å²) in [7, 11) is 0. The molecule has 1 aliphatic heterocycles. The summed E-state index contributed by atoms with van der Waals surface area (Å²) in [6, 6.07) is 9.86. The molecule has 0 amide bonds. The first-order valence-corrected chi connectivity index (χ1v) is 7.53. The molecule has 0 radical (unpaired) electrons. The number of benzene rings is 1. The molecule has 4 rings (SSSR count). The second kappa shape index (κ2) is 4.53. The number of ketones is 1. The largest absolute Gasteiger partial charge is 0.328 e. The van der Waals surface area contributed by atoms with Gasteiger partial charge in [0.2, 0.25) is 5.95 Å². The maximum atomic E-state index is 12.8. The smallest absolute Gasteiger partial charge is 0.226 e. The number of carbonyl (C=O) groups excluding carboxylic acids is 1. The maximum absolute atomic E-state index is 12.8. The number of hydrogen-bond donors (Lipinski definition) is 1. The molecule has 0 saturated heterocycles. The van der Waals surface area contributed by atoms with Crippen molar-refractivity contribution in [2.24, 2.45) is 5.41 Å². The van der Waals surface area contributed by atoms with E-state index in [-0.39, 0.29) is 17.2 Å². The average molecular weight is 294 g/mol. The molecule has 1 N–H and O–H groups in total. The first kappa shape index (κ1) is 13.2. The van der Waals surface area contributed by atoms with Crippen LogP contribution in [0.2, 0.25) is 0 Å². The summed E-state index contributed by atoms with van der Waals surface area (Å²) < 4.78 is 1.81. The zero-order valence-corrected chi connectivity index (χ0v) is 12.7. The van der Waals surface area contributed by atoms with Gasteiger partial charge < -0.3 is 5.32 Å². The Hall–Kier alpha value is -2.43. The highest BCUT2D eigenvalue weighted by Gasteiger charge is 2.41. The molecule has 0 fully saturated rings. The van der Waals surface area contributed by atoms with Gasteiger partial charge in [-0.3, -0.25) is 4.79 Å². The van der Waals surface area contributed by atoms with E-state index in [9.17, 15) is 4.79 Å². The van der Waals surface area contributed by atoms with Crippen LogP contribution in [0.4, 0.5) is 5.95 Å². The molecule has 0 bridgehead atoms. The summed E-state index contributed by atoms with van der Waals surface area (Å²) in [5.74, 6) is 0.909. The highest BCUT2D eigenvalue weighted by molar-refractivity contribution is 6.00. The van der Waals surface area contributed by atoms with Crippen molar-refractivity contribution < 1.29 is 4.79 Å². The normalized spacial score (nSPS) is 22.8. The number of carbonyl (C=O) groups is 1. The van der Waals surface area contributed by atoms with Crippen LogP contribution in [0.3, 0.4) is 0 Å². The van der Waals surface area contributed by atoms with Crippen molar-refractivity contribution in [1.82, 2.24) is 14.8 Å². The molecule has 5 nitrogen and oxygen atoms in total. The van der Waals surface area contributed by atoms with Gasteiger partial charge in [0.15, 0.2) is 5.78 Å². The van der Waals surface area contributed by atoms with Crippen LogP contribution in [0.1, 0.15) is 38.3 Å². The standard InChI is InChI=1S/C17H18N4O/c1-17(2)8-12-14(13(22)9-17)15(11-6-4-3-5-7-11)21-16(20-12)18-10-19-21/h3-7,10,15H,8-9H2,1-2H3,(H,18,19,20)/t15-/m0/s1. The number of nitrogens with zero attached hydrogens (tertiary/aromatic N) is 3. The molecule has 1 aliphatic carbocycles. The number of allylic oxidation sites excluding steroid dienone is 2. The van der Waals surface area contributed by atoms with Gasteiger partial charge in [-0.05, 0) is 17.4 Å². The minimum atomic E-state index is -0.182. The van der Waals surface area contributed by atoms with Crippen molar-refractivity contribution in [3.63, 3.8) is 0 Å². The Labute approximate surface area is 129 Å². The van der Waals surface area contributed by atoms with Crippen LogP contribution in [-0.4, -0.2) is 20.5 Å². The lowest BCUT2D eigenvalue weighted by atomic mass is 9.73. The van der Waals surface area contributed by atoms with Crippen LogP contribution in [-0.2, 0) is 4.79 Å². The lowest BCUT2D eigenvalue weighted by Crippen LogP contribution is -2.36. The Morgan fingerprint density at radius 2 is 2.00 bits per heavy atom. The Morgan fingerprint density at radius 1 is 1.23 bits per heavy atom. The fourth-order valence-corrected chi connectivity index (χ4v) is 3.49.